The van der Waals surface area contributed by atoms with Crippen molar-refractivity contribution < 1.29 is 9.53 Å². The van der Waals surface area contributed by atoms with Crippen LogP contribution in [0.15, 0.2) is 18.2 Å². The Morgan fingerprint density at radius 3 is 2.68 bits per heavy atom. The summed E-state index contributed by atoms with van der Waals surface area (Å²) in [6, 6.07) is 5.56. The van der Waals surface area contributed by atoms with E-state index in [2.05, 4.69) is 5.32 Å². The maximum atomic E-state index is 12.1. The number of aromatic nitrogens is 2. The van der Waals surface area contributed by atoms with Gasteiger partial charge in [-0.05, 0) is 37.5 Å². The van der Waals surface area contributed by atoms with Crippen molar-refractivity contribution in [1.29, 1.82) is 0 Å². The van der Waals surface area contributed by atoms with Gasteiger partial charge < -0.3 is 10.1 Å². The first kappa shape index (κ1) is 13.6. The Morgan fingerprint density at radius 1 is 1.23 bits per heavy atom. The van der Waals surface area contributed by atoms with Crippen molar-refractivity contribution in [2.45, 2.75) is 31.1 Å². The van der Waals surface area contributed by atoms with Crippen LogP contribution in [0.4, 0.5) is 0 Å². The second-order valence-corrected chi connectivity index (χ2v) is 6.15. The van der Waals surface area contributed by atoms with E-state index in [1.165, 1.54) is 30.7 Å². The Balaban J connectivity index is 1.65. The van der Waals surface area contributed by atoms with Crippen LogP contribution in [0.2, 0.25) is 0 Å². The van der Waals surface area contributed by atoms with Gasteiger partial charge in [-0.15, -0.1) is 0 Å². The average molecular weight is 297 g/mol. The molecule has 1 N–H and O–H groups in total. The van der Waals surface area contributed by atoms with E-state index < -0.39 is 0 Å². The van der Waals surface area contributed by atoms with Gasteiger partial charge in [0.15, 0.2) is 0 Å². The molecule has 2 aliphatic carbocycles. The molecular weight excluding hydrogens is 278 g/mol. The number of hydrogen-bond donors (Lipinski definition) is 1. The third-order valence-electron chi connectivity index (χ3n) is 4.78. The van der Waals surface area contributed by atoms with Crippen LogP contribution >= 0.6 is 0 Å². The van der Waals surface area contributed by atoms with Crippen molar-refractivity contribution in [3.63, 3.8) is 0 Å². The molecule has 5 heteroatoms. The van der Waals surface area contributed by atoms with Gasteiger partial charge in [-0.2, -0.15) is 0 Å². The molecular formula is C17H19N3O2. The Morgan fingerprint density at radius 2 is 1.95 bits per heavy atom. The average Bonchev–Trinajstić information content (AvgIpc) is 3.14. The van der Waals surface area contributed by atoms with Crippen molar-refractivity contribution in [1.82, 2.24) is 15.3 Å². The van der Waals surface area contributed by atoms with Crippen molar-refractivity contribution >= 4 is 16.9 Å². The largest absolute Gasteiger partial charge is 0.383 e. The number of ether oxygens (including phenoxy) is 1. The van der Waals surface area contributed by atoms with Gasteiger partial charge in [0.1, 0.15) is 0 Å². The minimum absolute atomic E-state index is 0.0947. The van der Waals surface area contributed by atoms with Crippen LogP contribution in [0, 0.1) is 0 Å². The van der Waals surface area contributed by atoms with Gasteiger partial charge in [0, 0.05) is 31.1 Å². The number of fused-ring (bicyclic) bond motifs is 6. The fraction of sp³-hybridized carbons (Fsp3) is 0.471. The molecule has 4 rings (SSSR count). The molecule has 0 radical (unpaired) electrons. The topological polar surface area (TPSA) is 64.1 Å². The molecule has 114 valence electrons. The minimum atomic E-state index is -0.0947. The highest BCUT2D eigenvalue weighted by Crippen LogP contribution is 2.51. The number of rotatable bonds is 4. The quantitative estimate of drug-likeness (QED) is 0.880. The molecule has 2 aliphatic rings. The lowest BCUT2D eigenvalue weighted by molar-refractivity contribution is 0.0937. The summed E-state index contributed by atoms with van der Waals surface area (Å²) in [5.41, 5.74) is 4.70. The number of nitrogens with zero attached hydrogens (tertiary/aromatic N) is 2. The van der Waals surface area contributed by atoms with E-state index in [1.807, 2.05) is 18.2 Å². The van der Waals surface area contributed by atoms with Crippen LogP contribution in [0.3, 0.4) is 0 Å². The molecule has 1 fully saturated rings. The monoisotopic (exact) mass is 297 g/mol. The van der Waals surface area contributed by atoms with Crippen LogP contribution in [0.25, 0.3) is 11.0 Å². The van der Waals surface area contributed by atoms with Crippen LogP contribution in [0.1, 0.15) is 52.8 Å². The molecule has 2 unspecified atom stereocenters. The maximum absolute atomic E-state index is 12.1. The summed E-state index contributed by atoms with van der Waals surface area (Å²) in [7, 11) is 1.62. The molecule has 0 saturated heterocycles. The highest BCUT2D eigenvalue weighted by atomic mass is 16.5. The van der Waals surface area contributed by atoms with Crippen LogP contribution in [0.5, 0.6) is 0 Å². The highest BCUT2D eigenvalue weighted by Gasteiger charge is 2.39. The molecule has 1 saturated carbocycles. The Kier molecular flexibility index (Phi) is 3.30. The first-order chi connectivity index (χ1) is 10.8. The molecule has 2 bridgehead atoms. The zero-order valence-corrected chi connectivity index (χ0v) is 12.6. The molecule has 1 aromatic heterocycles. The smallest absolute Gasteiger partial charge is 0.251 e. The third kappa shape index (κ3) is 2.16. The summed E-state index contributed by atoms with van der Waals surface area (Å²) in [6.07, 6.45) is 3.68. The highest BCUT2D eigenvalue weighted by molar-refractivity contribution is 5.97. The minimum Gasteiger partial charge on any atom is -0.383 e. The number of carbonyl (C=O) groups is 1. The predicted molar refractivity (Wildman–Crippen MR) is 83.1 cm³/mol. The fourth-order valence-electron chi connectivity index (χ4n) is 3.67. The second-order valence-electron chi connectivity index (χ2n) is 6.15. The number of amides is 1. The van der Waals surface area contributed by atoms with Crippen molar-refractivity contribution in [2.24, 2.45) is 0 Å². The Labute approximate surface area is 129 Å². The van der Waals surface area contributed by atoms with E-state index >= 15 is 0 Å². The van der Waals surface area contributed by atoms with Gasteiger partial charge in [-0.3, -0.25) is 4.79 Å². The maximum Gasteiger partial charge on any atom is 0.251 e. The van der Waals surface area contributed by atoms with E-state index in [0.717, 1.165) is 11.0 Å². The van der Waals surface area contributed by atoms with Gasteiger partial charge in [-0.25, -0.2) is 9.97 Å². The predicted octanol–water partition coefficient (Wildman–Crippen LogP) is 2.37. The zero-order valence-electron chi connectivity index (χ0n) is 12.6. The lowest BCUT2D eigenvalue weighted by Crippen LogP contribution is -2.26. The Bertz CT molecular complexity index is 744. The van der Waals surface area contributed by atoms with Gasteiger partial charge in [0.2, 0.25) is 0 Å². The Hall–Kier alpha value is -2.01. The normalized spacial score (nSPS) is 22.0. The summed E-state index contributed by atoms with van der Waals surface area (Å²) in [5.74, 6) is 1.09. The van der Waals surface area contributed by atoms with E-state index in [0.29, 0.717) is 30.6 Å². The zero-order chi connectivity index (χ0) is 15.1. The molecule has 1 aromatic carbocycles. The molecule has 1 heterocycles. The van der Waals surface area contributed by atoms with Crippen LogP contribution < -0.4 is 5.32 Å². The molecule has 2 aromatic rings. The van der Waals surface area contributed by atoms with E-state index in [1.54, 1.807) is 7.11 Å². The van der Waals surface area contributed by atoms with Crippen LogP contribution in [-0.4, -0.2) is 36.1 Å². The summed E-state index contributed by atoms with van der Waals surface area (Å²) >= 11 is 0. The number of carbonyl (C=O) groups excluding carboxylic acids is 1. The molecule has 22 heavy (non-hydrogen) atoms. The number of nitrogens with one attached hydrogen (secondary N) is 1. The van der Waals surface area contributed by atoms with Crippen molar-refractivity contribution in [3.05, 3.63) is 35.2 Å². The summed E-state index contributed by atoms with van der Waals surface area (Å²) in [4.78, 5) is 21.7. The summed E-state index contributed by atoms with van der Waals surface area (Å²) < 4.78 is 4.94. The van der Waals surface area contributed by atoms with Crippen molar-refractivity contribution in [2.75, 3.05) is 20.3 Å². The van der Waals surface area contributed by atoms with E-state index in [4.69, 9.17) is 14.7 Å². The van der Waals surface area contributed by atoms with E-state index in [-0.39, 0.29) is 5.91 Å². The lowest BCUT2D eigenvalue weighted by Gasteiger charge is -2.14. The first-order valence-electron chi connectivity index (χ1n) is 7.85. The SMILES string of the molecule is COCCNC(=O)c1ccc2nc3c(nc2c1)C1CCC3C1. The first-order valence-corrected chi connectivity index (χ1v) is 7.85. The summed E-state index contributed by atoms with van der Waals surface area (Å²) in [6.45, 7) is 1.02. The number of benzene rings is 1. The van der Waals surface area contributed by atoms with Gasteiger partial charge >= 0.3 is 0 Å². The molecule has 5 nitrogen and oxygen atoms in total. The van der Waals surface area contributed by atoms with Gasteiger partial charge in [-0.1, -0.05) is 0 Å². The number of methoxy groups -OCH3 is 1. The van der Waals surface area contributed by atoms with Crippen LogP contribution in [-0.2, 0) is 4.74 Å². The lowest BCUT2D eigenvalue weighted by atomic mass is 10.00. The molecule has 2 atom stereocenters. The molecule has 0 spiro atoms. The number of hydrogen-bond acceptors (Lipinski definition) is 4. The van der Waals surface area contributed by atoms with Gasteiger partial charge in [0.25, 0.3) is 5.91 Å². The van der Waals surface area contributed by atoms with E-state index in [9.17, 15) is 4.79 Å². The fourth-order valence-corrected chi connectivity index (χ4v) is 3.67. The molecule has 0 aliphatic heterocycles. The summed E-state index contributed by atoms with van der Waals surface area (Å²) in [5, 5.41) is 2.83. The third-order valence-corrected chi connectivity index (χ3v) is 4.78. The molecule has 1 amide bonds. The van der Waals surface area contributed by atoms with Gasteiger partial charge in [0.05, 0.1) is 29.0 Å². The standard InChI is InChI=1S/C17H19N3O2/c1-22-7-6-18-17(21)12-4-5-13-14(9-12)20-16-11-3-2-10(8-11)15(16)19-13/h4-5,9-11H,2-3,6-8H2,1H3,(H,18,21). The second kappa shape index (κ2) is 5.32. The van der Waals surface area contributed by atoms with Crippen molar-refractivity contribution in [3.8, 4) is 0 Å².